The average Bonchev–Trinajstić information content (AvgIpc) is 2.85. The molecule has 0 unspecified atom stereocenters. The normalized spacial score (nSPS) is 14.5. The van der Waals surface area contributed by atoms with Crippen molar-refractivity contribution in [2.45, 2.75) is 51.1 Å². The number of nitrogens with zero attached hydrogens (tertiary/aromatic N) is 1. The third kappa shape index (κ3) is 6.29. The Kier molecular flexibility index (Phi) is 7.88. The molecule has 0 bridgehead atoms. The molecule has 1 fully saturated rings. The lowest BCUT2D eigenvalue weighted by molar-refractivity contribution is 0.0950. The predicted octanol–water partition coefficient (Wildman–Crippen LogP) is 5.02. The van der Waals surface area contributed by atoms with Gasteiger partial charge in [-0.15, -0.1) is 0 Å². The number of aryl methyl sites for hydroxylation is 1. The van der Waals surface area contributed by atoms with E-state index in [-0.39, 0.29) is 10.8 Å². The van der Waals surface area contributed by atoms with Gasteiger partial charge in [-0.2, -0.15) is 0 Å². The van der Waals surface area contributed by atoms with Gasteiger partial charge in [0.2, 0.25) is 0 Å². The molecule has 1 amide bonds. The molecule has 0 spiro atoms. The van der Waals surface area contributed by atoms with Crippen LogP contribution in [0.5, 0.6) is 0 Å². The van der Waals surface area contributed by atoms with E-state index in [4.69, 9.17) is 0 Å². The van der Waals surface area contributed by atoms with Crippen molar-refractivity contribution < 1.29 is 13.2 Å². The van der Waals surface area contributed by atoms with Crippen LogP contribution in [0.15, 0.2) is 71.6 Å². The number of nitrogens with one attached hydrogen (secondary N) is 2. The Morgan fingerprint density at radius 2 is 1.54 bits per heavy atom. The van der Waals surface area contributed by atoms with Crippen molar-refractivity contribution in [3.8, 4) is 0 Å². The summed E-state index contributed by atoms with van der Waals surface area (Å²) in [6.45, 7) is 7.20. The van der Waals surface area contributed by atoms with Crippen LogP contribution in [0.25, 0.3) is 0 Å². The summed E-state index contributed by atoms with van der Waals surface area (Å²) in [4.78, 5) is 15.7. The van der Waals surface area contributed by atoms with Gasteiger partial charge in [-0.1, -0.05) is 54.4 Å². The number of benzene rings is 3. The molecule has 1 aliphatic heterocycles. The van der Waals surface area contributed by atoms with E-state index < -0.39 is 10.0 Å². The summed E-state index contributed by atoms with van der Waals surface area (Å²) in [6.07, 6.45) is 3.78. The van der Waals surface area contributed by atoms with E-state index in [1.165, 1.54) is 24.8 Å². The van der Waals surface area contributed by atoms with Gasteiger partial charge >= 0.3 is 0 Å². The first-order valence-electron chi connectivity index (χ1n) is 12.1. The maximum atomic E-state index is 13.1. The van der Waals surface area contributed by atoms with Crippen molar-refractivity contribution in [1.29, 1.82) is 0 Å². The first-order chi connectivity index (χ1) is 16.8. The molecule has 2 N–H and O–H groups in total. The second-order valence-corrected chi connectivity index (χ2v) is 10.9. The van der Waals surface area contributed by atoms with Crippen molar-refractivity contribution in [3.63, 3.8) is 0 Å². The second kappa shape index (κ2) is 11.1. The van der Waals surface area contributed by atoms with E-state index in [0.717, 1.165) is 30.8 Å². The predicted molar refractivity (Wildman–Crippen MR) is 140 cm³/mol. The van der Waals surface area contributed by atoms with Gasteiger partial charge in [0, 0.05) is 18.7 Å². The number of amides is 1. The smallest absolute Gasteiger partial charge is 0.261 e. The maximum absolute atomic E-state index is 13.1. The number of carbonyl (C=O) groups is 1. The molecule has 184 valence electrons. The van der Waals surface area contributed by atoms with Gasteiger partial charge in [-0.05, 0) is 80.7 Å². The molecule has 1 saturated heterocycles. The monoisotopic (exact) mass is 491 g/mol. The van der Waals surface area contributed by atoms with Crippen molar-refractivity contribution >= 4 is 21.6 Å². The van der Waals surface area contributed by atoms with Crippen molar-refractivity contribution in [2.75, 3.05) is 17.8 Å². The van der Waals surface area contributed by atoms with Crippen LogP contribution in [0.3, 0.4) is 0 Å². The molecule has 1 heterocycles. The topological polar surface area (TPSA) is 78.5 Å². The Morgan fingerprint density at radius 3 is 2.26 bits per heavy atom. The third-order valence-corrected chi connectivity index (χ3v) is 7.94. The lowest BCUT2D eigenvalue weighted by Crippen LogP contribution is -2.30. The number of rotatable bonds is 8. The van der Waals surface area contributed by atoms with Crippen LogP contribution in [-0.2, 0) is 23.1 Å². The van der Waals surface area contributed by atoms with Crippen LogP contribution in [0.2, 0.25) is 0 Å². The number of anilines is 1. The molecule has 0 saturated carbocycles. The summed E-state index contributed by atoms with van der Waals surface area (Å²) in [5, 5.41) is 3.03. The van der Waals surface area contributed by atoms with Crippen LogP contribution in [0.1, 0.15) is 51.9 Å². The highest BCUT2D eigenvalue weighted by molar-refractivity contribution is 7.92. The number of piperidine rings is 1. The minimum atomic E-state index is -3.76. The molecule has 7 heteroatoms. The Hall–Kier alpha value is -3.16. The molecule has 1 aliphatic rings. The highest BCUT2D eigenvalue weighted by Gasteiger charge is 2.18. The molecule has 0 aliphatic carbocycles. The average molecular weight is 492 g/mol. The largest absolute Gasteiger partial charge is 0.348 e. The van der Waals surface area contributed by atoms with Gasteiger partial charge in [0.1, 0.15) is 0 Å². The molecular formula is C28H33N3O3S. The number of hydrogen-bond acceptors (Lipinski definition) is 4. The quantitative estimate of drug-likeness (QED) is 0.464. The third-order valence-electron chi connectivity index (χ3n) is 6.55. The zero-order valence-electron chi connectivity index (χ0n) is 20.4. The number of sulfonamides is 1. The van der Waals surface area contributed by atoms with E-state index in [9.17, 15) is 13.2 Å². The van der Waals surface area contributed by atoms with E-state index in [1.807, 2.05) is 19.1 Å². The molecule has 6 nitrogen and oxygen atoms in total. The second-order valence-electron chi connectivity index (χ2n) is 9.18. The van der Waals surface area contributed by atoms with Crippen molar-refractivity contribution in [2.24, 2.45) is 0 Å². The molecule has 0 atom stereocenters. The number of likely N-dealkylation sites (tertiary alicyclic amines) is 1. The van der Waals surface area contributed by atoms with Crippen LogP contribution in [0.4, 0.5) is 5.69 Å². The summed E-state index contributed by atoms with van der Waals surface area (Å²) >= 11 is 0. The highest BCUT2D eigenvalue weighted by Crippen LogP contribution is 2.23. The summed E-state index contributed by atoms with van der Waals surface area (Å²) in [5.41, 5.74) is 4.73. The van der Waals surface area contributed by atoms with Crippen molar-refractivity contribution in [1.82, 2.24) is 10.2 Å². The minimum absolute atomic E-state index is 0.183. The van der Waals surface area contributed by atoms with Gasteiger partial charge in [0.15, 0.2) is 0 Å². The molecule has 3 aromatic rings. The van der Waals surface area contributed by atoms with E-state index in [1.54, 1.807) is 49.4 Å². The van der Waals surface area contributed by atoms with E-state index >= 15 is 0 Å². The maximum Gasteiger partial charge on any atom is 0.261 e. The van der Waals surface area contributed by atoms with Crippen LogP contribution >= 0.6 is 0 Å². The van der Waals surface area contributed by atoms with Crippen LogP contribution in [-0.4, -0.2) is 32.3 Å². The Morgan fingerprint density at radius 1 is 0.857 bits per heavy atom. The van der Waals surface area contributed by atoms with Gasteiger partial charge < -0.3 is 5.32 Å². The SMILES string of the molecule is Cc1ccc(S(=O)(=O)Nc2cccc(C(=O)NCc3ccccc3CN3CCCCC3)c2C)cc1. The zero-order valence-corrected chi connectivity index (χ0v) is 21.2. The molecular weight excluding hydrogens is 458 g/mol. The molecule has 4 rings (SSSR count). The van der Waals surface area contributed by atoms with Gasteiger partial charge in [-0.25, -0.2) is 8.42 Å². The summed E-state index contributed by atoms with van der Waals surface area (Å²) < 4.78 is 28.3. The van der Waals surface area contributed by atoms with Gasteiger partial charge in [0.05, 0.1) is 10.6 Å². The highest BCUT2D eigenvalue weighted by atomic mass is 32.2. The Labute approximate surface area is 208 Å². The number of hydrogen-bond donors (Lipinski definition) is 2. The van der Waals surface area contributed by atoms with E-state index in [2.05, 4.69) is 27.1 Å². The van der Waals surface area contributed by atoms with Crippen molar-refractivity contribution in [3.05, 3.63) is 94.5 Å². The fourth-order valence-corrected chi connectivity index (χ4v) is 5.55. The fourth-order valence-electron chi connectivity index (χ4n) is 4.43. The summed E-state index contributed by atoms with van der Waals surface area (Å²) in [5.74, 6) is -0.230. The molecule has 35 heavy (non-hydrogen) atoms. The Balaban J connectivity index is 1.45. The standard InChI is InChI=1S/C28H33N3O3S/c1-21-13-15-25(16-14-21)35(33,34)30-27-12-8-11-26(22(27)2)28(32)29-19-23-9-4-5-10-24(23)20-31-17-6-3-7-18-31/h4-5,8-16,30H,3,6-7,17-20H2,1-2H3,(H,29,32). The summed E-state index contributed by atoms with van der Waals surface area (Å²) in [6, 6.07) is 20.0. The van der Waals surface area contributed by atoms with Gasteiger partial charge in [-0.3, -0.25) is 14.4 Å². The first-order valence-corrected chi connectivity index (χ1v) is 13.6. The zero-order chi connectivity index (χ0) is 24.8. The lowest BCUT2D eigenvalue weighted by Gasteiger charge is -2.27. The molecule has 3 aromatic carbocycles. The lowest BCUT2D eigenvalue weighted by atomic mass is 10.0. The summed E-state index contributed by atoms with van der Waals surface area (Å²) in [7, 11) is -3.76. The first kappa shape index (κ1) is 24.9. The molecule has 0 radical (unpaired) electrons. The van der Waals surface area contributed by atoms with Crippen LogP contribution < -0.4 is 10.0 Å². The Bertz CT molecular complexity index is 1280. The molecule has 0 aromatic heterocycles. The fraction of sp³-hybridized carbons (Fsp3) is 0.321. The van der Waals surface area contributed by atoms with E-state index in [0.29, 0.717) is 23.4 Å². The minimum Gasteiger partial charge on any atom is -0.348 e. The van der Waals surface area contributed by atoms with Crippen LogP contribution in [0, 0.1) is 13.8 Å². The number of carbonyl (C=O) groups excluding carboxylic acids is 1. The van der Waals surface area contributed by atoms with Gasteiger partial charge in [0.25, 0.3) is 15.9 Å².